The van der Waals surface area contributed by atoms with E-state index in [1.807, 2.05) is 12.1 Å². The summed E-state index contributed by atoms with van der Waals surface area (Å²) in [6, 6.07) is 8.09. The lowest BCUT2D eigenvalue weighted by atomic mass is 9.90. The first-order chi connectivity index (χ1) is 12.6. The predicted molar refractivity (Wildman–Crippen MR) is 113 cm³/mol. The van der Waals surface area contributed by atoms with Crippen molar-refractivity contribution in [3.05, 3.63) is 29.8 Å². The molecule has 1 aromatic rings. The lowest BCUT2D eigenvalue weighted by molar-refractivity contribution is -0.130. The average molecular weight is 436 g/mol. The molecule has 2 fully saturated rings. The van der Waals surface area contributed by atoms with Crippen molar-refractivity contribution in [1.82, 2.24) is 10.2 Å². The Kier molecular flexibility index (Phi) is 10.5. The molecule has 1 amide bonds. The maximum absolute atomic E-state index is 12.7. The Morgan fingerprint density at radius 2 is 1.71 bits per heavy atom. The summed E-state index contributed by atoms with van der Waals surface area (Å²) in [7, 11) is 1.66. The van der Waals surface area contributed by atoms with E-state index >= 15 is 0 Å². The van der Waals surface area contributed by atoms with Gasteiger partial charge in [-0.25, -0.2) is 0 Å². The minimum absolute atomic E-state index is 0. The Hall–Kier alpha value is -1.09. The van der Waals surface area contributed by atoms with E-state index in [0.29, 0.717) is 45.8 Å². The average Bonchev–Trinajstić information content (AvgIpc) is 2.70. The molecule has 1 aromatic carbocycles. The van der Waals surface area contributed by atoms with E-state index in [9.17, 15) is 4.79 Å². The molecule has 0 saturated carbocycles. The highest BCUT2D eigenvalue weighted by atomic mass is 35.5. The van der Waals surface area contributed by atoms with Crippen LogP contribution in [0.3, 0.4) is 0 Å². The molecule has 2 saturated heterocycles. The van der Waals surface area contributed by atoms with Crippen LogP contribution in [0.2, 0.25) is 0 Å². The molecule has 3 N–H and O–H groups in total. The van der Waals surface area contributed by atoms with Crippen molar-refractivity contribution in [2.75, 3.05) is 53.2 Å². The number of ether oxygens (including phenoxy) is 3. The van der Waals surface area contributed by atoms with Crippen LogP contribution in [0.1, 0.15) is 24.4 Å². The SMILES string of the molecule is COc1ccc(C(CNC(=O)C2(N)CCOCC2)N2CCOCC2)cc1.Cl.Cl. The zero-order chi connectivity index (χ0) is 18.4. The van der Waals surface area contributed by atoms with Gasteiger partial charge in [-0.1, -0.05) is 12.1 Å². The summed E-state index contributed by atoms with van der Waals surface area (Å²) in [6.45, 7) is 4.69. The standard InChI is InChI=1S/C19H29N3O4.2ClH/c1-24-16-4-2-15(3-5-16)17(22-8-12-26-13-9-22)14-21-18(23)19(20)6-10-25-11-7-19;;/h2-5,17H,6-14,20H2,1H3,(H,21,23);2*1H. The molecule has 9 heteroatoms. The van der Waals surface area contributed by atoms with Gasteiger partial charge in [0.25, 0.3) is 0 Å². The second-order valence-electron chi connectivity index (χ2n) is 6.92. The molecule has 0 bridgehead atoms. The third kappa shape index (κ3) is 6.20. The summed E-state index contributed by atoms with van der Waals surface area (Å²) in [5.74, 6) is 0.731. The molecule has 0 aliphatic carbocycles. The molecule has 160 valence electrons. The Morgan fingerprint density at radius 3 is 2.29 bits per heavy atom. The number of carbonyl (C=O) groups excluding carboxylic acids is 1. The Labute approximate surface area is 179 Å². The van der Waals surface area contributed by atoms with Crippen molar-refractivity contribution in [3.8, 4) is 5.75 Å². The molecule has 0 aromatic heterocycles. The van der Waals surface area contributed by atoms with Gasteiger partial charge in [-0.05, 0) is 30.5 Å². The number of rotatable bonds is 6. The molecule has 28 heavy (non-hydrogen) atoms. The number of nitrogens with two attached hydrogens (primary N) is 1. The van der Waals surface area contributed by atoms with E-state index < -0.39 is 5.54 Å². The summed E-state index contributed by atoms with van der Waals surface area (Å²) < 4.78 is 16.1. The van der Waals surface area contributed by atoms with Gasteiger partial charge in [0, 0.05) is 32.8 Å². The number of nitrogens with zero attached hydrogens (tertiary/aromatic N) is 1. The molecule has 7 nitrogen and oxygen atoms in total. The third-order valence-corrected chi connectivity index (χ3v) is 5.28. The van der Waals surface area contributed by atoms with Crippen molar-refractivity contribution in [3.63, 3.8) is 0 Å². The highest BCUT2D eigenvalue weighted by molar-refractivity contribution is 5.86. The van der Waals surface area contributed by atoms with E-state index in [1.54, 1.807) is 7.11 Å². The second kappa shape index (κ2) is 11.8. The molecule has 0 spiro atoms. The Morgan fingerprint density at radius 1 is 1.14 bits per heavy atom. The molecule has 1 unspecified atom stereocenters. The summed E-state index contributed by atoms with van der Waals surface area (Å²) >= 11 is 0. The highest BCUT2D eigenvalue weighted by Crippen LogP contribution is 2.24. The second-order valence-corrected chi connectivity index (χ2v) is 6.92. The number of carbonyl (C=O) groups is 1. The van der Waals surface area contributed by atoms with E-state index in [-0.39, 0.29) is 36.8 Å². The lowest BCUT2D eigenvalue weighted by Gasteiger charge is -2.36. The quantitative estimate of drug-likeness (QED) is 0.704. The van der Waals surface area contributed by atoms with Gasteiger partial charge in [0.1, 0.15) is 5.75 Å². The topological polar surface area (TPSA) is 86.0 Å². The van der Waals surface area contributed by atoms with Gasteiger partial charge in [0.15, 0.2) is 0 Å². The first-order valence-electron chi connectivity index (χ1n) is 9.23. The lowest BCUT2D eigenvalue weighted by Crippen LogP contribution is -2.58. The fraction of sp³-hybridized carbons (Fsp3) is 0.632. The van der Waals surface area contributed by atoms with E-state index in [4.69, 9.17) is 19.9 Å². The summed E-state index contributed by atoms with van der Waals surface area (Å²) in [5, 5.41) is 3.08. The monoisotopic (exact) mass is 435 g/mol. The van der Waals surface area contributed by atoms with Crippen molar-refractivity contribution < 1.29 is 19.0 Å². The van der Waals surface area contributed by atoms with Crippen LogP contribution in [-0.4, -0.2) is 69.5 Å². The molecular formula is C19H31Cl2N3O4. The normalized spacial score (nSPS) is 20.2. The zero-order valence-corrected chi connectivity index (χ0v) is 17.9. The number of methoxy groups -OCH3 is 1. The molecule has 0 radical (unpaired) electrons. The van der Waals surface area contributed by atoms with Crippen LogP contribution in [-0.2, 0) is 14.3 Å². The summed E-state index contributed by atoms with van der Waals surface area (Å²) in [5.41, 5.74) is 6.62. The highest BCUT2D eigenvalue weighted by Gasteiger charge is 2.36. The van der Waals surface area contributed by atoms with Gasteiger partial charge in [-0.2, -0.15) is 0 Å². The Balaban J connectivity index is 0.00000196. The first kappa shape index (κ1) is 24.9. The minimum atomic E-state index is -0.826. The van der Waals surface area contributed by atoms with Crippen LogP contribution in [0.5, 0.6) is 5.75 Å². The van der Waals surface area contributed by atoms with Crippen LogP contribution in [0.25, 0.3) is 0 Å². The number of benzene rings is 1. The maximum Gasteiger partial charge on any atom is 0.240 e. The summed E-state index contributed by atoms with van der Waals surface area (Å²) in [4.78, 5) is 15.0. The number of amides is 1. The van der Waals surface area contributed by atoms with Gasteiger partial charge in [-0.15, -0.1) is 24.8 Å². The largest absolute Gasteiger partial charge is 0.497 e. The summed E-state index contributed by atoms with van der Waals surface area (Å²) in [6.07, 6.45) is 1.12. The van der Waals surface area contributed by atoms with Crippen LogP contribution >= 0.6 is 24.8 Å². The van der Waals surface area contributed by atoms with Crippen LogP contribution < -0.4 is 15.8 Å². The fourth-order valence-corrected chi connectivity index (χ4v) is 3.50. The van der Waals surface area contributed by atoms with Crippen LogP contribution in [0, 0.1) is 0 Å². The molecule has 3 rings (SSSR count). The van der Waals surface area contributed by atoms with E-state index in [0.717, 1.165) is 24.4 Å². The minimum Gasteiger partial charge on any atom is -0.497 e. The van der Waals surface area contributed by atoms with Crippen LogP contribution in [0.4, 0.5) is 0 Å². The van der Waals surface area contributed by atoms with Gasteiger partial charge in [-0.3, -0.25) is 9.69 Å². The predicted octanol–water partition coefficient (Wildman–Crippen LogP) is 1.54. The van der Waals surface area contributed by atoms with Crippen molar-refractivity contribution >= 4 is 30.7 Å². The fourth-order valence-electron chi connectivity index (χ4n) is 3.50. The number of hydrogen-bond donors (Lipinski definition) is 2. The molecule has 2 aliphatic rings. The molecule has 1 atom stereocenters. The first-order valence-corrected chi connectivity index (χ1v) is 9.23. The van der Waals surface area contributed by atoms with E-state index in [1.165, 1.54) is 0 Å². The van der Waals surface area contributed by atoms with Crippen molar-refractivity contribution in [2.24, 2.45) is 5.73 Å². The number of nitrogens with one attached hydrogen (secondary N) is 1. The Bertz CT molecular complexity index is 591. The molecule has 2 heterocycles. The smallest absolute Gasteiger partial charge is 0.240 e. The van der Waals surface area contributed by atoms with Gasteiger partial charge in [0.2, 0.25) is 5.91 Å². The van der Waals surface area contributed by atoms with Gasteiger partial charge >= 0.3 is 0 Å². The zero-order valence-electron chi connectivity index (χ0n) is 16.2. The number of hydrogen-bond acceptors (Lipinski definition) is 6. The van der Waals surface area contributed by atoms with Crippen molar-refractivity contribution in [1.29, 1.82) is 0 Å². The molecule has 2 aliphatic heterocycles. The van der Waals surface area contributed by atoms with Crippen molar-refractivity contribution in [2.45, 2.75) is 24.4 Å². The van der Waals surface area contributed by atoms with Gasteiger partial charge < -0.3 is 25.3 Å². The third-order valence-electron chi connectivity index (χ3n) is 5.28. The maximum atomic E-state index is 12.7. The van der Waals surface area contributed by atoms with Crippen LogP contribution in [0.15, 0.2) is 24.3 Å². The van der Waals surface area contributed by atoms with Gasteiger partial charge in [0.05, 0.1) is 31.9 Å². The van der Waals surface area contributed by atoms with E-state index in [2.05, 4.69) is 22.3 Å². The number of morpholine rings is 1. The number of halogens is 2. The molecular weight excluding hydrogens is 405 g/mol.